The maximum atomic E-state index is 4.09. The number of hydrogen-bond donors (Lipinski definition) is 0. The van der Waals surface area contributed by atoms with E-state index in [9.17, 15) is 0 Å². The van der Waals surface area contributed by atoms with Crippen LogP contribution in [0.25, 0.3) is 10.8 Å². The van der Waals surface area contributed by atoms with Gasteiger partial charge in [0.1, 0.15) is 0 Å². The molecule has 74 valence electrons. The van der Waals surface area contributed by atoms with Crippen LogP contribution in [0.2, 0.25) is 0 Å². The highest BCUT2D eigenvalue weighted by Gasteiger charge is 1.96. The van der Waals surface area contributed by atoms with Crippen molar-refractivity contribution in [1.82, 2.24) is 4.98 Å². The van der Waals surface area contributed by atoms with E-state index in [2.05, 4.69) is 38.8 Å². The van der Waals surface area contributed by atoms with Gasteiger partial charge in [-0.3, -0.25) is 4.98 Å². The first-order valence-corrected chi connectivity index (χ1v) is 5.91. The van der Waals surface area contributed by atoms with E-state index in [0.29, 0.717) is 0 Å². The number of alkyl halides is 1. The lowest BCUT2D eigenvalue weighted by Gasteiger charge is -1.98. The molecule has 0 radical (unpaired) electrons. The minimum absolute atomic E-state index is 0.876. The zero-order valence-corrected chi connectivity index (χ0v) is 9.79. The van der Waals surface area contributed by atoms with Gasteiger partial charge in [0, 0.05) is 40.5 Å². The van der Waals surface area contributed by atoms with Crippen molar-refractivity contribution in [2.75, 3.05) is 5.33 Å². The lowest BCUT2D eigenvalue weighted by Crippen LogP contribution is -1.80. The second kappa shape index (κ2) is 4.95. The molecule has 0 atom stereocenters. The lowest BCUT2D eigenvalue weighted by atomic mass is 10.1. The zero-order valence-electron chi connectivity index (χ0n) is 8.20. The van der Waals surface area contributed by atoms with Gasteiger partial charge in [-0.25, -0.2) is 0 Å². The standard InChI is InChI=1S/C13H10BrN/c14-8-2-1-4-11-5-3-6-12-10-15-9-7-13(11)12/h3,5-7,9-10H,2,8H2. The first-order chi connectivity index (χ1) is 7.42. The quantitative estimate of drug-likeness (QED) is 0.566. The Kier molecular flexibility index (Phi) is 3.37. The molecule has 0 aliphatic carbocycles. The van der Waals surface area contributed by atoms with Gasteiger partial charge in [0.05, 0.1) is 0 Å². The molecule has 2 aromatic rings. The van der Waals surface area contributed by atoms with Crippen LogP contribution in [0, 0.1) is 11.8 Å². The number of nitrogens with zero attached hydrogens (tertiary/aromatic N) is 1. The average molecular weight is 260 g/mol. The average Bonchev–Trinajstić information content (AvgIpc) is 2.30. The normalized spacial score (nSPS) is 9.67. The predicted molar refractivity (Wildman–Crippen MR) is 67.0 cm³/mol. The largest absolute Gasteiger partial charge is 0.264 e. The minimum atomic E-state index is 0.876. The monoisotopic (exact) mass is 259 g/mol. The van der Waals surface area contributed by atoms with Gasteiger partial charge in [-0.2, -0.15) is 0 Å². The molecule has 1 aromatic heterocycles. The summed E-state index contributed by atoms with van der Waals surface area (Å²) < 4.78 is 0. The summed E-state index contributed by atoms with van der Waals surface area (Å²) in [5.41, 5.74) is 1.08. The molecular weight excluding hydrogens is 250 g/mol. The number of rotatable bonds is 1. The Labute approximate surface area is 97.7 Å². The Morgan fingerprint density at radius 2 is 2.20 bits per heavy atom. The number of pyridine rings is 1. The Hall–Kier alpha value is -1.33. The molecule has 1 aromatic carbocycles. The highest BCUT2D eigenvalue weighted by atomic mass is 79.9. The molecule has 0 saturated heterocycles. The zero-order chi connectivity index (χ0) is 10.5. The van der Waals surface area contributed by atoms with Crippen molar-refractivity contribution in [3.8, 4) is 11.8 Å². The van der Waals surface area contributed by atoms with Crippen molar-refractivity contribution in [2.24, 2.45) is 0 Å². The fourth-order valence-electron chi connectivity index (χ4n) is 1.44. The summed E-state index contributed by atoms with van der Waals surface area (Å²) in [6, 6.07) is 8.12. The molecule has 15 heavy (non-hydrogen) atoms. The molecule has 2 heteroatoms. The molecule has 1 heterocycles. The van der Waals surface area contributed by atoms with Gasteiger partial charge < -0.3 is 0 Å². The van der Waals surface area contributed by atoms with Crippen molar-refractivity contribution in [3.05, 3.63) is 42.2 Å². The van der Waals surface area contributed by atoms with E-state index < -0.39 is 0 Å². The first kappa shape index (κ1) is 10.2. The van der Waals surface area contributed by atoms with E-state index in [1.165, 1.54) is 5.39 Å². The molecule has 0 fully saturated rings. The summed E-state index contributed by atoms with van der Waals surface area (Å²) in [4.78, 5) is 4.09. The molecule has 0 bridgehead atoms. The van der Waals surface area contributed by atoms with E-state index in [4.69, 9.17) is 0 Å². The number of aromatic nitrogens is 1. The third-order valence-corrected chi connectivity index (χ3v) is 2.52. The molecule has 1 nitrogen and oxygen atoms in total. The second-order valence-corrected chi connectivity index (χ2v) is 3.94. The summed E-state index contributed by atoms with van der Waals surface area (Å²) in [6.07, 6.45) is 4.55. The van der Waals surface area contributed by atoms with Crippen LogP contribution in [-0.4, -0.2) is 10.3 Å². The molecule has 0 unspecified atom stereocenters. The van der Waals surface area contributed by atoms with Crippen molar-refractivity contribution < 1.29 is 0 Å². The third-order valence-electron chi connectivity index (χ3n) is 2.12. The predicted octanol–water partition coefficient (Wildman–Crippen LogP) is 3.37. The summed E-state index contributed by atoms with van der Waals surface area (Å²) >= 11 is 3.36. The van der Waals surface area contributed by atoms with E-state index in [-0.39, 0.29) is 0 Å². The van der Waals surface area contributed by atoms with Gasteiger partial charge >= 0.3 is 0 Å². The number of benzene rings is 1. The summed E-state index contributed by atoms with van der Waals surface area (Å²) in [7, 11) is 0. The molecule has 0 saturated carbocycles. The van der Waals surface area contributed by atoms with Crippen LogP contribution in [0.15, 0.2) is 36.7 Å². The summed E-state index contributed by atoms with van der Waals surface area (Å²) in [6.45, 7) is 0. The topological polar surface area (TPSA) is 12.9 Å². The number of fused-ring (bicyclic) bond motifs is 1. The van der Waals surface area contributed by atoms with Crippen molar-refractivity contribution in [1.29, 1.82) is 0 Å². The first-order valence-electron chi connectivity index (χ1n) is 4.79. The Morgan fingerprint density at radius 1 is 1.27 bits per heavy atom. The molecule has 0 N–H and O–H groups in total. The number of halogens is 1. The third kappa shape index (κ3) is 2.37. The minimum Gasteiger partial charge on any atom is -0.264 e. The molecule has 2 rings (SSSR count). The molecule has 0 amide bonds. The van der Waals surface area contributed by atoms with Crippen LogP contribution in [-0.2, 0) is 0 Å². The lowest BCUT2D eigenvalue weighted by molar-refractivity contribution is 1.32. The van der Waals surface area contributed by atoms with Crippen LogP contribution < -0.4 is 0 Å². The Bertz CT molecular complexity index is 517. The fraction of sp³-hybridized carbons (Fsp3) is 0.154. The molecule has 0 spiro atoms. The fourth-order valence-corrected chi connectivity index (χ4v) is 1.63. The van der Waals surface area contributed by atoms with Crippen LogP contribution in [0.4, 0.5) is 0 Å². The van der Waals surface area contributed by atoms with E-state index in [1.807, 2.05) is 24.4 Å². The molecule has 0 aliphatic heterocycles. The van der Waals surface area contributed by atoms with Crippen LogP contribution >= 0.6 is 15.9 Å². The van der Waals surface area contributed by atoms with Crippen LogP contribution in [0.1, 0.15) is 12.0 Å². The van der Waals surface area contributed by atoms with Gasteiger partial charge in [0.15, 0.2) is 0 Å². The van der Waals surface area contributed by atoms with E-state index in [0.717, 1.165) is 22.7 Å². The Morgan fingerprint density at radius 3 is 3.07 bits per heavy atom. The van der Waals surface area contributed by atoms with Crippen LogP contribution in [0.5, 0.6) is 0 Å². The SMILES string of the molecule is BrCCC#Cc1cccc2cnccc12. The highest BCUT2D eigenvalue weighted by molar-refractivity contribution is 9.09. The summed E-state index contributed by atoms with van der Waals surface area (Å²) in [5.74, 6) is 6.31. The van der Waals surface area contributed by atoms with Gasteiger partial charge in [0.25, 0.3) is 0 Å². The van der Waals surface area contributed by atoms with E-state index in [1.54, 1.807) is 6.20 Å². The summed E-state index contributed by atoms with van der Waals surface area (Å²) in [5, 5.41) is 3.24. The maximum Gasteiger partial charge on any atom is 0.0346 e. The van der Waals surface area contributed by atoms with Gasteiger partial charge in [0.2, 0.25) is 0 Å². The van der Waals surface area contributed by atoms with Crippen molar-refractivity contribution >= 4 is 26.7 Å². The van der Waals surface area contributed by atoms with Gasteiger partial charge in [-0.15, -0.1) is 0 Å². The molecule has 0 aliphatic rings. The smallest absolute Gasteiger partial charge is 0.0346 e. The van der Waals surface area contributed by atoms with Crippen LogP contribution in [0.3, 0.4) is 0 Å². The van der Waals surface area contributed by atoms with Crippen molar-refractivity contribution in [2.45, 2.75) is 6.42 Å². The Balaban J connectivity index is 2.48. The van der Waals surface area contributed by atoms with Crippen molar-refractivity contribution in [3.63, 3.8) is 0 Å². The second-order valence-electron chi connectivity index (χ2n) is 3.14. The maximum absolute atomic E-state index is 4.09. The van der Waals surface area contributed by atoms with Gasteiger partial charge in [-0.1, -0.05) is 39.9 Å². The van der Waals surface area contributed by atoms with Gasteiger partial charge in [-0.05, 0) is 12.1 Å². The highest BCUT2D eigenvalue weighted by Crippen LogP contribution is 2.16. The van der Waals surface area contributed by atoms with E-state index >= 15 is 0 Å². The number of hydrogen-bond acceptors (Lipinski definition) is 1. The molecular formula is C13H10BrN.